The first-order valence-electron chi connectivity index (χ1n) is 8.97. The van der Waals surface area contributed by atoms with Crippen LogP contribution in [0.2, 0.25) is 0 Å². The third-order valence-electron chi connectivity index (χ3n) is 4.90. The minimum absolute atomic E-state index is 0.406. The summed E-state index contributed by atoms with van der Waals surface area (Å²) >= 11 is 0. The number of pyridine rings is 2. The third-order valence-corrected chi connectivity index (χ3v) is 4.90. The van der Waals surface area contributed by atoms with E-state index in [1.165, 1.54) is 0 Å². The summed E-state index contributed by atoms with van der Waals surface area (Å²) in [7, 11) is 0. The van der Waals surface area contributed by atoms with E-state index < -0.39 is 0 Å². The number of hydrogen-bond donors (Lipinski definition) is 1. The Labute approximate surface area is 161 Å². The lowest BCUT2D eigenvalue weighted by molar-refractivity contribution is 1.12. The molecule has 0 unspecified atom stereocenters. The molecule has 2 aromatic carbocycles. The molecule has 5 aromatic rings. The molecule has 5 nitrogen and oxygen atoms in total. The van der Waals surface area contributed by atoms with Crippen LogP contribution in [0.15, 0.2) is 73.2 Å². The number of nitriles is 1. The van der Waals surface area contributed by atoms with Crippen molar-refractivity contribution in [2.45, 2.75) is 6.42 Å². The van der Waals surface area contributed by atoms with Crippen molar-refractivity contribution in [1.82, 2.24) is 20.2 Å². The molecule has 0 atom stereocenters. The van der Waals surface area contributed by atoms with Gasteiger partial charge in [0.05, 0.1) is 29.7 Å². The maximum atomic E-state index is 8.87. The smallest absolute Gasteiger partial charge is 0.101 e. The van der Waals surface area contributed by atoms with E-state index in [2.05, 4.69) is 38.4 Å². The summed E-state index contributed by atoms with van der Waals surface area (Å²) in [6.07, 6.45) is 5.86. The monoisotopic (exact) mass is 361 g/mol. The fourth-order valence-electron chi connectivity index (χ4n) is 3.50. The molecule has 0 saturated carbocycles. The Morgan fingerprint density at radius 2 is 1.79 bits per heavy atom. The molecule has 0 amide bonds. The van der Waals surface area contributed by atoms with Crippen LogP contribution < -0.4 is 0 Å². The van der Waals surface area contributed by atoms with Crippen molar-refractivity contribution in [2.75, 3.05) is 0 Å². The summed E-state index contributed by atoms with van der Waals surface area (Å²) in [4.78, 5) is 8.79. The van der Waals surface area contributed by atoms with E-state index in [1.807, 2.05) is 54.9 Å². The maximum Gasteiger partial charge on any atom is 0.101 e. The Kier molecular flexibility index (Phi) is 3.81. The number of rotatable bonds is 3. The van der Waals surface area contributed by atoms with Crippen LogP contribution in [-0.2, 0) is 6.42 Å². The largest absolute Gasteiger partial charge is 0.276 e. The van der Waals surface area contributed by atoms with Crippen LogP contribution in [0.25, 0.3) is 44.2 Å². The van der Waals surface area contributed by atoms with Crippen molar-refractivity contribution >= 4 is 21.8 Å². The maximum absolute atomic E-state index is 8.87. The van der Waals surface area contributed by atoms with Gasteiger partial charge in [-0.1, -0.05) is 36.4 Å². The van der Waals surface area contributed by atoms with Crippen LogP contribution in [0.5, 0.6) is 0 Å². The number of aromatic amines is 1. The van der Waals surface area contributed by atoms with Crippen LogP contribution in [0.1, 0.15) is 5.56 Å². The van der Waals surface area contributed by atoms with Gasteiger partial charge < -0.3 is 0 Å². The van der Waals surface area contributed by atoms with Crippen molar-refractivity contribution in [2.24, 2.45) is 0 Å². The molecule has 0 radical (unpaired) electrons. The number of fused-ring (bicyclic) bond motifs is 3. The van der Waals surface area contributed by atoms with Crippen LogP contribution in [0.4, 0.5) is 0 Å². The van der Waals surface area contributed by atoms with Crippen molar-refractivity contribution in [1.29, 1.82) is 5.26 Å². The van der Waals surface area contributed by atoms with E-state index in [1.54, 1.807) is 6.20 Å². The van der Waals surface area contributed by atoms with Crippen molar-refractivity contribution in [3.05, 3.63) is 78.8 Å². The second kappa shape index (κ2) is 6.60. The molecule has 1 N–H and O–H groups in total. The third kappa shape index (κ3) is 2.68. The number of aromatic nitrogens is 4. The molecule has 5 heteroatoms. The molecule has 28 heavy (non-hydrogen) atoms. The highest BCUT2D eigenvalue weighted by molar-refractivity contribution is 6.11. The quantitative estimate of drug-likeness (QED) is 0.495. The predicted octanol–water partition coefficient (Wildman–Crippen LogP) is 4.91. The van der Waals surface area contributed by atoms with Gasteiger partial charge in [-0.3, -0.25) is 15.1 Å². The van der Waals surface area contributed by atoms with Gasteiger partial charge in [0, 0.05) is 34.3 Å². The highest BCUT2D eigenvalue weighted by atomic mass is 15.1. The summed E-state index contributed by atoms with van der Waals surface area (Å²) < 4.78 is 0. The van der Waals surface area contributed by atoms with Gasteiger partial charge >= 0.3 is 0 Å². The van der Waals surface area contributed by atoms with E-state index >= 15 is 0 Å². The lowest BCUT2D eigenvalue weighted by Gasteiger charge is -2.06. The number of nitrogens with zero attached hydrogens (tertiary/aromatic N) is 4. The molecule has 0 aliphatic heterocycles. The van der Waals surface area contributed by atoms with E-state index in [-0.39, 0.29) is 0 Å². The second-order valence-corrected chi connectivity index (χ2v) is 6.62. The zero-order valence-electron chi connectivity index (χ0n) is 14.9. The summed E-state index contributed by atoms with van der Waals surface area (Å²) in [6.45, 7) is 0. The number of nitrogens with one attached hydrogen (secondary N) is 1. The molecule has 0 aliphatic carbocycles. The number of H-pyrrole nitrogens is 1. The predicted molar refractivity (Wildman–Crippen MR) is 109 cm³/mol. The Morgan fingerprint density at radius 3 is 2.57 bits per heavy atom. The molecular formula is C23H15N5. The molecule has 0 fully saturated rings. The highest BCUT2D eigenvalue weighted by Gasteiger charge is 2.13. The van der Waals surface area contributed by atoms with Gasteiger partial charge in [0.2, 0.25) is 0 Å². The van der Waals surface area contributed by atoms with Gasteiger partial charge in [-0.05, 0) is 29.3 Å². The van der Waals surface area contributed by atoms with Crippen molar-refractivity contribution in [3.8, 4) is 28.5 Å². The van der Waals surface area contributed by atoms with Crippen LogP contribution in [0.3, 0.4) is 0 Å². The minimum atomic E-state index is 0.406. The molecular weight excluding hydrogens is 346 g/mol. The normalized spacial score (nSPS) is 11.0. The van der Waals surface area contributed by atoms with Crippen LogP contribution >= 0.6 is 0 Å². The summed E-state index contributed by atoms with van der Waals surface area (Å²) in [6, 6.07) is 20.4. The fraction of sp³-hybridized carbons (Fsp3) is 0.0435. The fourth-order valence-corrected chi connectivity index (χ4v) is 3.50. The van der Waals surface area contributed by atoms with Gasteiger partial charge in [-0.15, -0.1) is 0 Å². The molecule has 3 heterocycles. The Hall–Kier alpha value is -4.04. The van der Waals surface area contributed by atoms with Gasteiger partial charge in [0.1, 0.15) is 5.69 Å². The SMILES string of the molecule is N#CCc1ccc(-c2n[nH]c3cnc4ccc(-c5cccnc5)cc4c23)cc1. The first kappa shape index (κ1) is 16.2. The zero-order valence-corrected chi connectivity index (χ0v) is 14.9. The van der Waals surface area contributed by atoms with Crippen LogP contribution in [-0.4, -0.2) is 20.2 Å². The molecule has 0 saturated heterocycles. The summed E-state index contributed by atoms with van der Waals surface area (Å²) in [5.74, 6) is 0. The van der Waals surface area contributed by atoms with Crippen molar-refractivity contribution in [3.63, 3.8) is 0 Å². The van der Waals surface area contributed by atoms with E-state index in [9.17, 15) is 0 Å². The van der Waals surface area contributed by atoms with Gasteiger partial charge in [0.15, 0.2) is 0 Å². The minimum Gasteiger partial charge on any atom is -0.276 e. The van der Waals surface area contributed by atoms with E-state index in [0.29, 0.717) is 6.42 Å². The molecule has 3 aromatic heterocycles. The Morgan fingerprint density at radius 1 is 0.929 bits per heavy atom. The van der Waals surface area contributed by atoms with Gasteiger partial charge in [-0.2, -0.15) is 10.4 Å². The van der Waals surface area contributed by atoms with Crippen molar-refractivity contribution < 1.29 is 0 Å². The van der Waals surface area contributed by atoms with Gasteiger partial charge in [0.25, 0.3) is 0 Å². The summed E-state index contributed by atoms with van der Waals surface area (Å²) in [5, 5.41) is 18.6. The standard InChI is InChI=1S/C23H15N5/c24-10-9-15-3-5-16(6-4-15)23-22-19-12-17(18-2-1-11-25-13-18)7-8-20(19)26-14-21(22)27-28-23/h1-8,11-14H,9H2,(H,27,28). The molecule has 5 rings (SSSR count). The first-order chi connectivity index (χ1) is 13.8. The van der Waals surface area contributed by atoms with Crippen LogP contribution in [0, 0.1) is 11.3 Å². The molecule has 132 valence electrons. The molecule has 0 bridgehead atoms. The van der Waals surface area contributed by atoms with Gasteiger partial charge in [-0.25, -0.2) is 0 Å². The molecule has 0 spiro atoms. The zero-order chi connectivity index (χ0) is 18.9. The lowest BCUT2D eigenvalue weighted by atomic mass is 9.99. The number of hydrogen-bond acceptors (Lipinski definition) is 4. The summed E-state index contributed by atoms with van der Waals surface area (Å²) in [5.41, 5.74) is 6.85. The van der Waals surface area contributed by atoms with E-state index in [0.717, 1.165) is 49.8 Å². The average molecular weight is 361 g/mol. The topological polar surface area (TPSA) is 78.2 Å². The molecule has 0 aliphatic rings. The lowest BCUT2D eigenvalue weighted by Crippen LogP contribution is -1.86. The second-order valence-electron chi connectivity index (χ2n) is 6.62. The number of benzene rings is 2. The average Bonchev–Trinajstić information content (AvgIpc) is 3.19. The highest BCUT2D eigenvalue weighted by Crippen LogP contribution is 2.33. The first-order valence-corrected chi connectivity index (χ1v) is 8.97. The Bertz CT molecular complexity index is 1330. The Balaban J connectivity index is 1.72. The van der Waals surface area contributed by atoms with E-state index in [4.69, 9.17) is 5.26 Å².